The van der Waals surface area contributed by atoms with Crippen molar-refractivity contribution >= 4 is 11.9 Å². The molecule has 1 N–H and O–H groups in total. The first-order chi connectivity index (χ1) is 11.4. The van der Waals surface area contributed by atoms with E-state index in [2.05, 4.69) is 18.8 Å². The normalized spacial score (nSPS) is 29.8. The van der Waals surface area contributed by atoms with Crippen molar-refractivity contribution in [3.8, 4) is 0 Å². The van der Waals surface area contributed by atoms with Crippen LogP contribution in [0.3, 0.4) is 0 Å². The second kappa shape index (κ2) is 10.5. The molecule has 1 fully saturated rings. The Hall–Kier alpha value is -1.40. The molecular formula is C18H31NO5. The number of nitrogens with one attached hydrogen (secondary N) is 1. The van der Waals surface area contributed by atoms with E-state index in [-0.39, 0.29) is 42.5 Å². The van der Waals surface area contributed by atoms with E-state index in [9.17, 15) is 9.59 Å². The lowest BCUT2D eigenvalue weighted by atomic mass is 9.82. The summed E-state index contributed by atoms with van der Waals surface area (Å²) in [5.74, 6) is -0.172. The quantitative estimate of drug-likeness (QED) is 0.396. The number of hydrogen-bond acceptors (Lipinski definition) is 5. The summed E-state index contributed by atoms with van der Waals surface area (Å²) in [4.78, 5) is 22.6. The molecule has 0 aromatic rings. The first-order valence-corrected chi connectivity index (χ1v) is 8.65. The molecule has 0 aromatic carbocycles. The van der Waals surface area contributed by atoms with Crippen LogP contribution in [-0.2, 0) is 23.8 Å². The summed E-state index contributed by atoms with van der Waals surface area (Å²) in [6.07, 6.45) is 3.96. The molecule has 0 aliphatic carbocycles. The number of carbonyl (C=O) groups excluding carboxylic acids is 2. The highest BCUT2D eigenvalue weighted by molar-refractivity contribution is 5.73. The number of amides is 1. The summed E-state index contributed by atoms with van der Waals surface area (Å²) in [6, 6.07) is -0.217. The van der Waals surface area contributed by atoms with Crippen LogP contribution in [0.15, 0.2) is 12.7 Å². The van der Waals surface area contributed by atoms with Gasteiger partial charge in [-0.2, -0.15) is 0 Å². The lowest BCUT2D eigenvalue weighted by Crippen LogP contribution is -2.58. The fraction of sp³-hybridized carbons (Fsp3) is 0.778. The van der Waals surface area contributed by atoms with E-state index in [1.165, 1.54) is 13.8 Å². The number of carbonyl (C=O) groups is 2. The summed E-state index contributed by atoms with van der Waals surface area (Å²) in [5, 5.41) is 2.94. The Labute approximate surface area is 144 Å². The average Bonchev–Trinajstić information content (AvgIpc) is 2.51. The van der Waals surface area contributed by atoms with Crippen LogP contribution in [0.4, 0.5) is 0 Å². The first-order valence-electron chi connectivity index (χ1n) is 8.65. The molecule has 24 heavy (non-hydrogen) atoms. The molecule has 6 nitrogen and oxygen atoms in total. The molecule has 1 aliphatic heterocycles. The fourth-order valence-electron chi connectivity index (χ4n) is 2.85. The number of rotatable bonds is 9. The molecule has 1 amide bonds. The van der Waals surface area contributed by atoms with E-state index in [1.54, 1.807) is 0 Å². The largest absolute Gasteiger partial charge is 0.463 e. The van der Waals surface area contributed by atoms with Crippen molar-refractivity contribution in [2.24, 2.45) is 11.8 Å². The molecule has 0 radical (unpaired) electrons. The van der Waals surface area contributed by atoms with Crippen LogP contribution in [0, 0.1) is 11.8 Å². The minimum atomic E-state index is -0.538. The predicted molar refractivity (Wildman–Crippen MR) is 91.2 cm³/mol. The lowest BCUT2D eigenvalue weighted by molar-refractivity contribution is -0.244. The number of esters is 1. The van der Waals surface area contributed by atoms with Crippen molar-refractivity contribution in [3.05, 3.63) is 12.7 Å². The Morgan fingerprint density at radius 3 is 2.50 bits per heavy atom. The third-order valence-corrected chi connectivity index (χ3v) is 4.49. The van der Waals surface area contributed by atoms with Crippen LogP contribution in [0.2, 0.25) is 0 Å². The standard InChI is InChI=1S/C18H31NO5/c1-6-7-8-9-10-22-18-17(19-14(4)20)13(3)12(2)16(24-18)11-23-15(5)21/h6,12-13,16-18H,1,7-11H2,2-5H3,(H,19,20). The van der Waals surface area contributed by atoms with Crippen LogP contribution in [-0.4, -0.2) is 43.5 Å². The van der Waals surface area contributed by atoms with Crippen LogP contribution in [0.5, 0.6) is 0 Å². The Bertz CT molecular complexity index is 424. The topological polar surface area (TPSA) is 73.9 Å². The van der Waals surface area contributed by atoms with E-state index in [0.29, 0.717) is 6.61 Å². The van der Waals surface area contributed by atoms with Gasteiger partial charge in [0, 0.05) is 20.5 Å². The third-order valence-electron chi connectivity index (χ3n) is 4.49. The maximum atomic E-state index is 11.5. The molecule has 0 saturated carbocycles. The zero-order chi connectivity index (χ0) is 18.1. The summed E-state index contributed by atoms with van der Waals surface area (Å²) >= 11 is 0. The van der Waals surface area contributed by atoms with E-state index < -0.39 is 6.29 Å². The van der Waals surface area contributed by atoms with Crippen LogP contribution >= 0.6 is 0 Å². The van der Waals surface area contributed by atoms with Gasteiger partial charge >= 0.3 is 5.97 Å². The molecule has 0 bridgehead atoms. The predicted octanol–water partition coefficient (Wildman–Crippen LogP) is 2.42. The lowest BCUT2D eigenvalue weighted by Gasteiger charge is -2.44. The first kappa shape index (κ1) is 20.6. The van der Waals surface area contributed by atoms with Gasteiger partial charge in [0.05, 0.1) is 12.1 Å². The molecule has 0 aromatic heterocycles. The van der Waals surface area contributed by atoms with Gasteiger partial charge in [-0.05, 0) is 31.1 Å². The molecule has 1 rings (SSSR count). The van der Waals surface area contributed by atoms with Gasteiger partial charge in [-0.3, -0.25) is 9.59 Å². The molecule has 138 valence electrons. The highest BCUT2D eigenvalue weighted by atomic mass is 16.7. The molecule has 5 unspecified atom stereocenters. The van der Waals surface area contributed by atoms with Crippen molar-refractivity contribution in [1.82, 2.24) is 5.32 Å². The van der Waals surface area contributed by atoms with E-state index >= 15 is 0 Å². The average molecular weight is 341 g/mol. The van der Waals surface area contributed by atoms with Gasteiger partial charge in [0.1, 0.15) is 6.61 Å². The number of ether oxygens (including phenoxy) is 3. The number of hydrogen-bond donors (Lipinski definition) is 1. The maximum absolute atomic E-state index is 11.5. The van der Waals surface area contributed by atoms with Gasteiger partial charge in [-0.25, -0.2) is 0 Å². The summed E-state index contributed by atoms with van der Waals surface area (Å²) in [7, 11) is 0. The van der Waals surface area contributed by atoms with Crippen molar-refractivity contribution in [3.63, 3.8) is 0 Å². The minimum absolute atomic E-state index is 0.110. The Kier molecular flexibility index (Phi) is 9.00. The van der Waals surface area contributed by atoms with E-state index in [1.807, 2.05) is 13.0 Å². The monoisotopic (exact) mass is 341 g/mol. The van der Waals surface area contributed by atoms with Gasteiger partial charge in [0.25, 0.3) is 0 Å². The van der Waals surface area contributed by atoms with Gasteiger partial charge in [-0.1, -0.05) is 19.9 Å². The Balaban J connectivity index is 2.68. The van der Waals surface area contributed by atoms with Gasteiger partial charge in [-0.15, -0.1) is 6.58 Å². The second-order valence-electron chi connectivity index (χ2n) is 6.45. The highest BCUT2D eigenvalue weighted by Gasteiger charge is 2.42. The third kappa shape index (κ3) is 6.61. The number of unbranched alkanes of at least 4 members (excludes halogenated alkanes) is 2. The minimum Gasteiger partial charge on any atom is -0.463 e. The van der Waals surface area contributed by atoms with Crippen molar-refractivity contribution in [2.45, 2.75) is 65.4 Å². The van der Waals surface area contributed by atoms with Crippen molar-refractivity contribution in [1.29, 1.82) is 0 Å². The van der Waals surface area contributed by atoms with Gasteiger partial charge in [0.15, 0.2) is 6.29 Å². The maximum Gasteiger partial charge on any atom is 0.302 e. The molecular weight excluding hydrogens is 310 g/mol. The van der Waals surface area contributed by atoms with Crippen LogP contribution in [0.1, 0.15) is 47.0 Å². The zero-order valence-electron chi connectivity index (χ0n) is 15.2. The molecule has 1 aliphatic rings. The molecule has 1 heterocycles. The van der Waals surface area contributed by atoms with Crippen molar-refractivity contribution in [2.75, 3.05) is 13.2 Å². The van der Waals surface area contributed by atoms with Crippen molar-refractivity contribution < 1.29 is 23.8 Å². The van der Waals surface area contributed by atoms with E-state index in [4.69, 9.17) is 14.2 Å². The van der Waals surface area contributed by atoms with Crippen LogP contribution in [0.25, 0.3) is 0 Å². The highest BCUT2D eigenvalue weighted by Crippen LogP contribution is 2.31. The van der Waals surface area contributed by atoms with Gasteiger partial charge < -0.3 is 19.5 Å². The summed E-state index contributed by atoms with van der Waals surface area (Å²) in [5.41, 5.74) is 0. The molecule has 5 atom stereocenters. The zero-order valence-corrected chi connectivity index (χ0v) is 15.2. The van der Waals surface area contributed by atoms with E-state index in [0.717, 1.165) is 19.3 Å². The van der Waals surface area contributed by atoms with Gasteiger partial charge in [0.2, 0.25) is 5.91 Å². The van der Waals surface area contributed by atoms with Crippen LogP contribution < -0.4 is 5.32 Å². The molecule has 0 spiro atoms. The number of allylic oxidation sites excluding steroid dienone is 1. The second-order valence-corrected chi connectivity index (χ2v) is 6.45. The molecule has 1 saturated heterocycles. The molecule has 6 heteroatoms. The Morgan fingerprint density at radius 2 is 1.92 bits per heavy atom. The fourth-order valence-corrected chi connectivity index (χ4v) is 2.85. The smallest absolute Gasteiger partial charge is 0.302 e. The summed E-state index contributed by atoms with van der Waals surface area (Å²) < 4.78 is 17.0. The summed E-state index contributed by atoms with van der Waals surface area (Å²) in [6.45, 7) is 11.4. The SMILES string of the molecule is C=CCCCCOC1OC(COC(C)=O)C(C)C(C)C1NC(C)=O. The Morgan fingerprint density at radius 1 is 1.21 bits per heavy atom.